The van der Waals surface area contributed by atoms with Crippen LogP contribution < -0.4 is 20.1 Å². The van der Waals surface area contributed by atoms with Crippen LogP contribution in [0.15, 0.2) is 36.4 Å². The van der Waals surface area contributed by atoms with Gasteiger partial charge < -0.3 is 20.1 Å². The first kappa shape index (κ1) is 14.9. The predicted molar refractivity (Wildman–Crippen MR) is 93.0 cm³/mol. The largest absolute Gasteiger partial charge is 0.497 e. The SMILES string of the molecule is COc1ccc2c(c1)C[C@H](Nc1ccc3c(c1)OCC(=O)N3)CC2. The van der Waals surface area contributed by atoms with Gasteiger partial charge in [0.1, 0.15) is 11.5 Å². The van der Waals surface area contributed by atoms with Gasteiger partial charge in [0.05, 0.1) is 12.8 Å². The van der Waals surface area contributed by atoms with Gasteiger partial charge in [-0.1, -0.05) is 6.07 Å². The van der Waals surface area contributed by atoms with Crippen molar-refractivity contribution in [1.29, 1.82) is 0 Å². The lowest BCUT2D eigenvalue weighted by atomic mass is 9.88. The molecule has 0 unspecified atom stereocenters. The molecule has 5 nitrogen and oxygen atoms in total. The molecule has 1 aliphatic heterocycles. The summed E-state index contributed by atoms with van der Waals surface area (Å²) < 4.78 is 10.8. The van der Waals surface area contributed by atoms with E-state index in [4.69, 9.17) is 9.47 Å². The minimum absolute atomic E-state index is 0.0764. The van der Waals surface area contributed by atoms with Crippen molar-refractivity contribution in [3.63, 3.8) is 0 Å². The van der Waals surface area contributed by atoms with E-state index in [9.17, 15) is 4.79 Å². The molecule has 1 amide bonds. The van der Waals surface area contributed by atoms with Gasteiger partial charge in [-0.3, -0.25) is 4.79 Å². The van der Waals surface area contributed by atoms with Crippen molar-refractivity contribution in [1.82, 2.24) is 0 Å². The van der Waals surface area contributed by atoms with Crippen LogP contribution in [0.3, 0.4) is 0 Å². The molecule has 2 aromatic carbocycles. The number of amides is 1. The molecule has 0 aromatic heterocycles. The highest BCUT2D eigenvalue weighted by atomic mass is 16.5. The van der Waals surface area contributed by atoms with Crippen molar-refractivity contribution < 1.29 is 14.3 Å². The van der Waals surface area contributed by atoms with Crippen LogP contribution in [0.2, 0.25) is 0 Å². The Morgan fingerprint density at radius 3 is 3.00 bits per heavy atom. The standard InChI is InChI=1S/C19H20N2O3/c1-23-16-6-3-12-2-4-14(8-13(12)9-16)20-15-5-7-17-18(10-15)24-11-19(22)21-17/h3,5-7,9-10,14,20H,2,4,8,11H2,1H3,(H,21,22)/t14-/m1/s1. The van der Waals surface area contributed by atoms with E-state index in [-0.39, 0.29) is 12.5 Å². The number of fused-ring (bicyclic) bond motifs is 2. The first-order chi connectivity index (χ1) is 11.7. The zero-order chi connectivity index (χ0) is 16.5. The minimum Gasteiger partial charge on any atom is -0.497 e. The monoisotopic (exact) mass is 324 g/mol. The van der Waals surface area contributed by atoms with Crippen LogP contribution in [0, 0.1) is 0 Å². The van der Waals surface area contributed by atoms with Crippen LogP contribution in [-0.4, -0.2) is 25.7 Å². The van der Waals surface area contributed by atoms with E-state index >= 15 is 0 Å². The smallest absolute Gasteiger partial charge is 0.262 e. The Bertz CT molecular complexity index is 788. The fourth-order valence-electron chi connectivity index (χ4n) is 3.38. The van der Waals surface area contributed by atoms with E-state index in [2.05, 4.69) is 22.8 Å². The first-order valence-electron chi connectivity index (χ1n) is 8.20. The number of nitrogens with one attached hydrogen (secondary N) is 2. The van der Waals surface area contributed by atoms with Crippen LogP contribution in [0.25, 0.3) is 0 Å². The summed E-state index contributed by atoms with van der Waals surface area (Å²) in [5.41, 5.74) is 4.50. The summed E-state index contributed by atoms with van der Waals surface area (Å²) in [6.45, 7) is 0.0764. The number of ether oxygens (including phenoxy) is 2. The molecule has 4 rings (SSSR count). The number of carbonyl (C=O) groups is 1. The van der Waals surface area contributed by atoms with Gasteiger partial charge in [0, 0.05) is 17.8 Å². The number of hydrogen-bond acceptors (Lipinski definition) is 4. The molecule has 0 fully saturated rings. The van der Waals surface area contributed by atoms with Gasteiger partial charge in [-0.05, 0) is 54.7 Å². The minimum atomic E-state index is -0.110. The van der Waals surface area contributed by atoms with Gasteiger partial charge >= 0.3 is 0 Å². The quantitative estimate of drug-likeness (QED) is 0.911. The Balaban J connectivity index is 1.49. The van der Waals surface area contributed by atoms with Crippen LogP contribution in [0.4, 0.5) is 11.4 Å². The zero-order valence-corrected chi connectivity index (χ0v) is 13.6. The van der Waals surface area contributed by atoms with E-state index in [1.165, 1.54) is 11.1 Å². The summed E-state index contributed by atoms with van der Waals surface area (Å²) >= 11 is 0. The van der Waals surface area contributed by atoms with Crippen molar-refractivity contribution >= 4 is 17.3 Å². The molecular formula is C19H20N2O3. The molecule has 0 saturated carbocycles. The number of benzene rings is 2. The van der Waals surface area contributed by atoms with E-state index in [0.29, 0.717) is 6.04 Å². The second kappa shape index (κ2) is 6.07. The average Bonchev–Trinajstić information content (AvgIpc) is 2.61. The maximum absolute atomic E-state index is 11.3. The fraction of sp³-hybridized carbons (Fsp3) is 0.316. The summed E-state index contributed by atoms with van der Waals surface area (Å²) in [7, 11) is 1.70. The predicted octanol–water partition coefficient (Wildman–Crippen LogP) is 3.00. The molecule has 2 aliphatic rings. The highest BCUT2D eigenvalue weighted by molar-refractivity contribution is 5.95. The van der Waals surface area contributed by atoms with Gasteiger partial charge in [0.25, 0.3) is 5.91 Å². The number of rotatable bonds is 3. The van der Waals surface area contributed by atoms with Crippen molar-refractivity contribution in [2.24, 2.45) is 0 Å². The van der Waals surface area contributed by atoms with Crippen molar-refractivity contribution in [3.8, 4) is 11.5 Å². The molecule has 24 heavy (non-hydrogen) atoms. The summed E-state index contributed by atoms with van der Waals surface area (Å²) in [5, 5.41) is 6.40. The Morgan fingerprint density at radius 2 is 2.12 bits per heavy atom. The van der Waals surface area contributed by atoms with E-state index in [1.54, 1.807) is 7.11 Å². The number of anilines is 2. The van der Waals surface area contributed by atoms with E-state index in [0.717, 1.165) is 42.1 Å². The maximum Gasteiger partial charge on any atom is 0.262 e. The van der Waals surface area contributed by atoms with E-state index < -0.39 is 0 Å². The number of aryl methyl sites for hydroxylation is 1. The second-order valence-corrected chi connectivity index (χ2v) is 6.27. The number of methoxy groups -OCH3 is 1. The summed E-state index contributed by atoms with van der Waals surface area (Å²) in [4.78, 5) is 11.3. The van der Waals surface area contributed by atoms with Crippen molar-refractivity contribution in [2.45, 2.75) is 25.3 Å². The van der Waals surface area contributed by atoms with Crippen molar-refractivity contribution in [2.75, 3.05) is 24.4 Å². The summed E-state index contributed by atoms with van der Waals surface area (Å²) in [6.07, 6.45) is 3.13. The second-order valence-electron chi connectivity index (χ2n) is 6.27. The third-order valence-corrected chi connectivity index (χ3v) is 4.63. The van der Waals surface area contributed by atoms with Crippen LogP contribution >= 0.6 is 0 Å². The van der Waals surface area contributed by atoms with Crippen LogP contribution in [0.5, 0.6) is 11.5 Å². The van der Waals surface area contributed by atoms with E-state index in [1.807, 2.05) is 24.3 Å². The highest BCUT2D eigenvalue weighted by Crippen LogP contribution is 2.32. The molecule has 0 radical (unpaired) electrons. The molecule has 1 atom stereocenters. The Hall–Kier alpha value is -2.69. The molecule has 0 saturated heterocycles. The Kier molecular flexibility index (Phi) is 3.76. The molecule has 0 spiro atoms. The third kappa shape index (κ3) is 2.89. The molecule has 1 heterocycles. The van der Waals surface area contributed by atoms with Crippen molar-refractivity contribution in [3.05, 3.63) is 47.5 Å². The van der Waals surface area contributed by atoms with Gasteiger partial charge in [0.15, 0.2) is 6.61 Å². The molecule has 2 N–H and O–H groups in total. The molecule has 0 bridgehead atoms. The molecule has 124 valence electrons. The summed E-state index contributed by atoms with van der Waals surface area (Å²) in [5.74, 6) is 1.52. The lowest BCUT2D eigenvalue weighted by molar-refractivity contribution is -0.118. The zero-order valence-electron chi connectivity index (χ0n) is 13.6. The van der Waals surface area contributed by atoms with Gasteiger partial charge in [0.2, 0.25) is 0 Å². The van der Waals surface area contributed by atoms with Crippen LogP contribution in [-0.2, 0) is 17.6 Å². The topological polar surface area (TPSA) is 59.6 Å². The number of hydrogen-bond donors (Lipinski definition) is 2. The summed E-state index contributed by atoms with van der Waals surface area (Å²) in [6, 6.07) is 12.5. The van der Waals surface area contributed by atoms with Crippen LogP contribution in [0.1, 0.15) is 17.5 Å². The fourth-order valence-corrected chi connectivity index (χ4v) is 3.38. The first-order valence-corrected chi connectivity index (χ1v) is 8.20. The normalized spacial score (nSPS) is 18.7. The highest BCUT2D eigenvalue weighted by Gasteiger charge is 2.20. The lowest BCUT2D eigenvalue weighted by Crippen LogP contribution is -2.28. The molecule has 5 heteroatoms. The van der Waals surface area contributed by atoms with Gasteiger partial charge in [-0.2, -0.15) is 0 Å². The molecule has 2 aromatic rings. The van der Waals surface area contributed by atoms with Gasteiger partial charge in [-0.15, -0.1) is 0 Å². The molecule has 1 aliphatic carbocycles. The number of carbonyl (C=O) groups excluding carboxylic acids is 1. The van der Waals surface area contributed by atoms with Gasteiger partial charge in [-0.25, -0.2) is 0 Å². The average molecular weight is 324 g/mol. The third-order valence-electron chi connectivity index (χ3n) is 4.63. The maximum atomic E-state index is 11.3. The Labute approximate surface area is 141 Å². The molecular weight excluding hydrogens is 304 g/mol. The Morgan fingerprint density at radius 1 is 1.21 bits per heavy atom. The lowest BCUT2D eigenvalue weighted by Gasteiger charge is -2.27.